The van der Waals surface area contributed by atoms with Gasteiger partial charge in [-0.05, 0) is 66.3 Å². The quantitative estimate of drug-likeness (QED) is 0.859. The Bertz CT molecular complexity index is 979. The van der Waals surface area contributed by atoms with Crippen molar-refractivity contribution < 1.29 is 9.59 Å². The molecule has 1 amide bonds. The number of aromatic nitrogens is 1. The van der Waals surface area contributed by atoms with Crippen molar-refractivity contribution in [1.82, 2.24) is 9.88 Å². The van der Waals surface area contributed by atoms with E-state index in [0.29, 0.717) is 18.9 Å². The first-order valence-electron chi connectivity index (χ1n) is 10.3. The van der Waals surface area contributed by atoms with Crippen molar-refractivity contribution in [2.24, 2.45) is 11.3 Å². The lowest BCUT2D eigenvalue weighted by atomic mass is 9.75. The van der Waals surface area contributed by atoms with Gasteiger partial charge in [-0.25, -0.2) is 0 Å². The fourth-order valence-electron chi connectivity index (χ4n) is 4.88. The van der Waals surface area contributed by atoms with Crippen LogP contribution in [0.4, 0.5) is 0 Å². The van der Waals surface area contributed by atoms with E-state index in [2.05, 4.69) is 55.9 Å². The number of fused-ring (bicyclic) bond motifs is 2. The van der Waals surface area contributed by atoms with Gasteiger partial charge in [0.25, 0.3) is 5.91 Å². The Morgan fingerprint density at radius 2 is 1.89 bits per heavy atom. The van der Waals surface area contributed by atoms with Crippen LogP contribution in [0.25, 0.3) is 5.69 Å². The largest absolute Gasteiger partial charge is 0.352 e. The van der Waals surface area contributed by atoms with Crippen LogP contribution in [-0.2, 0) is 19.3 Å². The van der Waals surface area contributed by atoms with E-state index in [1.54, 1.807) is 0 Å². The smallest absolute Gasteiger partial charge is 0.251 e. The summed E-state index contributed by atoms with van der Waals surface area (Å²) in [6.07, 6.45) is 5.32. The number of amides is 1. The fraction of sp³-hybridized carbons (Fsp3) is 0.500. The van der Waals surface area contributed by atoms with Crippen molar-refractivity contribution in [3.8, 4) is 5.69 Å². The highest BCUT2D eigenvalue weighted by molar-refractivity contribution is 6.01. The van der Waals surface area contributed by atoms with E-state index in [1.165, 1.54) is 0 Å². The molecule has 0 bridgehead atoms. The van der Waals surface area contributed by atoms with Crippen LogP contribution in [0.15, 0.2) is 18.3 Å². The summed E-state index contributed by atoms with van der Waals surface area (Å²) in [7, 11) is 0. The molecular formula is C24H30N2O2. The summed E-state index contributed by atoms with van der Waals surface area (Å²) in [5.41, 5.74) is 7.23. The van der Waals surface area contributed by atoms with Gasteiger partial charge in [0, 0.05) is 41.7 Å². The lowest BCUT2D eigenvalue weighted by molar-refractivity contribution is 0.0908. The van der Waals surface area contributed by atoms with Crippen LogP contribution in [0.1, 0.15) is 77.2 Å². The molecule has 0 atom stereocenters. The normalized spacial score (nSPS) is 18.1. The SMILES string of the molecule is Cc1cn(-c2cc3c(c(CC(C)C)c2)C(=O)NCC3)c2c1C(=O)CC(C)(C)C2. The lowest BCUT2D eigenvalue weighted by Crippen LogP contribution is -2.33. The van der Waals surface area contributed by atoms with Gasteiger partial charge < -0.3 is 9.88 Å². The van der Waals surface area contributed by atoms with Crippen molar-refractivity contribution in [3.63, 3.8) is 0 Å². The fourth-order valence-corrected chi connectivity index (χ4v) is 4.88. The number of nitrogens with zero attached hydrogens (tertiary/aromatic N) is 1. The zero-order chi connectivity index (χ0) is 20.2. The molecule has 1 N–H and O–H groups in total. The maximum atomic E-state index is 12.8. The molecule has 2 aliphatic rings. The maximum absolute atomic E-state index is 12.8. The van der Waals surface area contributed by atoms with Crippen molar-refractivity contribution >= 4 is 11.7 Å². The standard InChI is InChI=1S/C24H30N2O2/c1-14(2)8-17-10-18(9-16-6-7-25-23(28)22(16)17)26-13-15(3)21-19(26)11-24(4,5)12-20(21)27/h9-10,13-14H,6-8,11-12H2,1-5H3,(H,25,28). The second-order valence-electron chi connectivity index (χ2n) is 9.69. The number of nitrogens with one attached hydrogen (secondary N) is 1. The van der Waals surface area contributed by atoms with Crippen molar-refractivity contribution in [1.29, 1.82) is 0 Å². The highest BCUT2D eigenvalue weighted by Gasteiger charge is 2.35. The summed E-state index contributed by atoms with van der Waals surface area (Å²) in [5.74, 6) is 0.766. The second-order valence-corrected chi connectivity index (χ2v) is 9.69. The number of benzene rings is 1. The Morgan fingerprint density at radius 3 is 2.61 bits per heavy atom. The molecule has 2 heterocycles. The molecule has 0 saturated heterocycles. The average Bonchev–Trinajstić information content (AvgIpc) is 2.89. The van der Waals surface area contributed by atoms with Crippen LogP contribution < -0.4 is 5.32 Å². The number of carbonyl (C=O) groups is 2. The van der Waals surface area contributed by atoms with Crippen LogP contribution in [0, 0.1) is 18.3 Å². The first-order chi connectivity index (χ1) is 13.2. The van der Waals surface area contributed by atoms with Gasteiger partial charge in [-0.3, -0.25) is 9.59 Å². The Hall–Kier alpha value is -2.36. The number of aryl methyl sites for hydroxylation is 1. The molecule has 2 aromatic rings. The predicted molar refractivity (Wildman–Crippen MR) is 112 cm³/mol. The van der Waals surface area contributed by atoms with Crippen molar-refractivity contribution in [2.45, 2.75) is 60.3 Å². The Kier molecular flexibility index (Phi) is 4.48. The third-order valence-electron chi connectivity index (χ3n) is 5.96. The van der Waals surface area contributed by atoms with Gasteiger partial charge >= 0.3 is 0 Å². The molecule has 148 valence electrons. The van der Waals surface area contributed by atoms with E-state index >= 15 is 0 Å². The molecule has 0 fully saturated rings. The zero-order valence-electron chi connectivity index (χ0n) is 17.6. The summed E-state index contributed by atoms with van der Waals surface area (Å²) in [6.45, 7) is 11.4. The molecule has 1 aromatic carbocycles. The minimum absolute atomic E-state index is 0.0263. The minimum Gasteiger partial charge on any atom is -0.352 e. The van der Waals surface area contributed by atoms with Gasteiger partial charge in [0.15, 0.2) is 5.78 Å². The van der Waals surface area contributed by atoms with E-state index in [1.807, 2.05) is 6.92 Å². The zero-order valence-corrected chi connectivity index (χ0v) is 17.6. The molecule has 1 aromatic heterocycles. The number of rotatable bonds is 3. The van der Waals surface area contributed by atoms with E-state index in [4.69, 9.17) is 0 Å². The van der Waals surface area contributed by atoms with Gasteiger partial charge in [0.05, 0.1) is 0 Å². The molecular weight excluding hydrogens is 348 g/mol. The van der Waals surface area contributed by atoms with Gasteiger partial charge in [-0.1, -0.05) is 27.7 Å². The molecule has 28 heavy (non-hydrogen) atoms. The van der Waals surface area contributed by atoms with E-state index < -0.39 is 0 Å². The summed E-state index contributed by atoms with van der Waals surface area (Å²) in [4.78, 5) is 25.3. The van der Waals surface area contributed by atoms with Crippen LogP contribution >= 0.6 is 0 Å². The predicted octanol–water partition coefficient (Wildman–Crippen LogP) is 4.43. The second kappa shape index (κ2) is 6.61. The molecule has 1 aliphatic carbocycles. The molecule has 4 heteroatoms. The van der Waals surface area contributed by atoms with E-state index in [9.17, 15) is 9.59 Å². The first kappa shape index (κ1) is 19.0. The van der Waals surface area contributed by atoms with Crippen LogP contribution in [0.5, 0.6) is 0 Å². The van der Waals surface area contributed by atoms with Gasteiger partial charge in [0.1, 0.15) is 0 Å². The highest BCUT2D eigenvalue weighted by atomic mass is 16.1. The summed E-state index contributed by atoms with van der Waals surface area (Å²) in [5, 5.41) is 2.99. The summed E-state index contributed by atoms with van der Waals surface area (Å²) < 4.78 is 2.21. The molecule has 0 unspecified atom stereocenters. The Morgan fingerprint density at radius 1 is 1.14 bits per heavy atom. The third-order valence-corrected chi connectivity index (χ3v) is 5.96. The Balaban J connectivity index is 1.91. The molecule has 4 nitrogen and oxygen atoms in total. The molecule has 0 spiro atoms. The number of Topliss-reactive ketones (excluding diaryl/α,β-unsaturated/α-hetero) is 1. The average molecular weight is 379 g/mol. The molecule has 1 aliphatic heterocycles. The van der Waals surface area contributed by atoms with Crippen molar-refractivity contribution in [2.75, 3.05) is 6.54 Å². The summed E-state index contributed by atoms with van der Waals surface area (Å²) in [6, 6.07) is 4.32. The van der Waals surface area contributed by atoms with E-state index in [-0.39, 0.29) is 17.1 Å². The minimum atomic E-state index is -0.0263. The summed E-state index contributed by atoms with van der Waals surface area (Å²) >= 11 is 0. The Labute approximate surface area is 167 Å². The highest BCUT2D eigenvalue weighted by Crippen LogP contribution is 2.38. The number of carbonyl (C=O) groups excluding carboxylic acids is 2. The number of ketones is 1. The van der Waals surface area contributed by atoms with Crippen LogP contribution in [-0.4, -0.2) is 22.8 Å². The topological polar surface area (TPSA) is 51.1 Å². The third kappa shape index (κ3) is 3.19. The molecule has 0 saturated carbocycles. The molecule has 4 rings (SSSR count). The maximum Gasteiger partial charge on any atom is 0.251 e. The van der Waals surface area contributed by atoms with Crippen molar-refractivity contribution in [3.05, 3.63) is 51.8 Å². The monoisotopic (exact) mass is 378 g/mol. The van der Waals surface area contributed by atoms with Crippen LogP contribution in [0.3, 0.4) is 0 Å². The number of hydrogen-bond donors (Lipinski definition) is 1. The van der Waals surface area contributed by atoms with E-state index in [0.717, 1.165) is 58.5 Å². The van der Waals surface area contributed by atoms with Gasteiger partial charge in [0.2, 0.25) is 0 Å². The van der Waals surface area contributed by atoms with Gasteiger partial charge in [-0.15, -0.1) is 0 Å². The van der Waals surface area contributed by atoms with Gasteiger partial charge in [-0.2, -0.15) is 0 Å². The lowest BCUT2D eigenvalue weighted by Gasteiger charge is -2.30. The van der Waals surface area contributed by atoms with Crippen LogP contribution in [0.2, 0.25) is 0 Å². The molecule has 0 radical (unpaired) electrons. The number of hydrogen-bond acceptors (Lipinski definition) is 2. The first-order valence-corrected chi connectivity index (χ1v) is 10.3.